The van der Waals surface area contributed by atoms with Gasteiger partial charge in [0.25, 0.3) is 5.91 Å². The van der Waals surface area contributed by atoms with E-state index in [-0.39, 0.29) is 38.1 Å². The minimum atomic E-state index is -0.338. The Kier molecular flexibility index (Phi) is 8.86. The number of carbonyl (C=O) groups is 2. The van der Waals surface area contributed by atoms with Crippen LogP contribution in [0, 0.1) is 13.8 Å². The van der Waals surface area contributed by atoms with Crippen LogP contribution in [-0.4, -0.2) is 54.8 Å². The van der Waals surface area contributed by atoms with Crippen molar-refractivity contribution in [1.82, 2.24) is 4.90 Å². The normalized spacial score (nSPS) is 10.3. The molecule has 6 nitrogen and oxygen atoms in total. The van der Waals surface area contributed by atoms with Crippen LogP contribution in [0.25, 0.3) is 0 Å². The summed E-state index contributed by atoms with van der Waals surface area (Å²) in [6.45, 7) is 6.44. The molecule has 0 heterocycles. The fourth-order valence-electron chi connectivity index (χ4n) is 2.33. The second-order valence-corrected chi connectivity index (χ2v) is 5.52. The molecule has 0 aromatic heterocycles. The highest BCUT2D eigenvalue weighted by molar-refractivity contribution is 5.78. The first-order valence-electron chi connectivity index (χ1n) is 8.22. The fraction of sp³-hybridized carbons (Fsp3) is 0.556. The molecule has 0 spiro atoms. The molecule has 1 aromatic rings. The summed E-state index contributed by atoms with van der Waals surface area (Å²) in [5, 5.41) is 8.98. The standard InChI is InChI=1S/C18H27NO5/c1-4-23-17(22)9-11-19(10-6-12-20)16(21)13-24-18-14(2)7-5-8-15(18)3/h5,7-8,20H,4,6,9-13H2,1-3H3. The highest BCUT2D eigenvalue weighted by Gasteiger charge is 2.16. The maximum absolute atomic E-state index is 12.4. The van der Waals surface area contributed by atoms with Crippen LogP contribution in [0.5, 0.6) is 5.75 Å². The van der Waals surface area contributed by atoms with Crippen LogP contribution < -0.4 is 4.74 Å². The van der Waals surface area contributed by atoms with E-state index >= 15 is 0 Å². The Labute approximate surface area is 143 Å². The zero-order valence-electron chi connectivity index (χ0n) is 14.7. The van der Waals surface area contributed by atoms with Gasteiger partial charge in [0.2, 0.25) is 0 Å². The number of aliphatic hydroxyl groups excluding tert-OH is 1. The number of hydrogen-bond acceptors (Lipinski definition) is 5. The van der Waals surface area contributed by atoms with Crippen LogP contribution in [0.3, 0.4) is 0 Å². The summed E-state index contributed by atoms with van der Waals surface area (Å²) < 4.78 is 10.6. The number of amides is 1. The lowest BCUT2D eigenvalue weighted by Gasteiger charge is -2.22. The van der Waals surface area contributed by atoms with Crippen molar-refractivity contribution in [2.24, 2.45) is 0 Å². The predicted octanol–water partition coefficient (Wildman–Crippen LogP) is 1.85. The SMILES string of the molecule is CCOC(=O)CCN(CCCO)C(=O)COc1c(C)cccc1C. The Morgan fingerprint density at radius 3 is 2.42 bits per heavy atom. The molecule has 24 heavy (non-hydrogen) atoms. The third kappa shape index (κ3) is 6.58. The van der Waals surface area contributed by atoms with Crippen molar-refractivity contribution < 1.29 is 24.2 Å². The zero-order chi connectivity index (χ0) is 17.9. The second-order valence-electron chi connectivity index (χ2n) is 5.52. The molecule has 1 aromatic carbocycles. The summed E-state index contributed by atoms with van der Waals surface area (Å²) in [5.41, 5.74) is 1.94. The van der Waals surface area contributed by atoms with Crippen molar-refractivity contribution in [3.05, 3.63) is 29.3 Å². The van der Waals surface area contributed by atoms with Gasteiger partial charge in [-0.25, -0.2) is 0 Å². The molecule has 1 rings (SSSR count). The molecular formula is C18H27NO5. The van der Waals surface area contributed by atoms with Crippen LogP contribution in [0.15, 0.2) is 18.2 Å². The van der Waals surface area contributed by atoms with Crippen molar-refractivity contribution in [3.63, 3.8) is 0 Å². The number of hydrogen-bond donors (Lipinski definition) is 1. The molecular weight excluding hydrogens is 310 g/mol. The molecule has 6 heteroatoms. The molecule has 1 amide bonds. The monoisotopic (exact) mass is 337 g/mol. The summed E-state index contributed by atoms with van der Waals surface area (Å²) in [4.78, 5) is 25.4. The van der Waals surface area contributed by atoms with Crippen molar-refractivity contribution in [2.45, 2.75) is 33.6 Å². The quantitative estimate of drug-likeness (QED) is 0.659. The molecule has 0 saturated heterocycles. The summed E-state index contributed by atoms with van der Waals surface area (Å²) in [5.74, 6) is 0.156. The summed E-state index contributed by atoms with van der Waals surface area (Å²) in [6.07, 6.45) is 0.590. The predicted molar refractivity (Wildman–Crippen MR) is 90.9 cm³/mol. The van der Waals surface area contributed by atoms with Gasteiger partial charge in [-0.3, -0.25) is 9.59 Å². The Morgan fingerprint density at radius 2 is 1.83 bits per heavy atom. The lowest BCUT2D eigenvalue weighted by Crippen LogP contribution is -2.37. The van der Waals surface area contributed by atoms with E-state index in [2.05, 4.69) is 0 Å². The van der Waals surface area contributed by atoms with Gasteiger partial charge in [0, 0.05) is 19.7 Å². The van der Waals surface area contributed by atoms with Crippen LogP contribution in [0.4, 0.5) is 0 Å². The number of esters is 1. The van der Waals surface area contributed by atoms with Gasteiger partial charge >= 0.3 is 5.97 Å². The number of para-hydroxylation sites is 1. The average Bonchev–Trinajstić information content (AvgIpc) is 2.54. The summed E-state index contributed by atoms with van der Waals surface area (Å²) >= 11 is 0. The third-order valence-corrected chi connectivity index (χ3v) is 3.58. The number of aryl methyl sites for hydroxylation is 2. The van der Waals surface area contributed by atoms with E-state index in [0.29, 0.717) is 25.3 Å². The van der Waals surface area contributed by atoms with E-state index < -0.39 is 0 Å². The summed E-state index contributed by atoms with van der Waals surface area (Å²) in [7, 11) is 0. The molecule has 1 N–H and O–H groups in total. The van der Waals surface area contributed by atoms with Gasteiger partial charge < -0.3 is 19.5 Å². The first-order chi connectivity index (χ1) is 11.5. The topological polar surface area (TPSA) is 76.1 Å². The first kappa shape index (κ1) is 20.0. The Bertz CT molecular complexity index is 524. The van der Waals surface area contributed by atoms with Gasteiger partial charge in [-0.05, 0) is 38.3 Å². The molecule has 0 radical (unpaired) electrons. The minimum Gasteiger partial charge on any atom is -0.483 e. The van der Waals surface area contributed by atoms with Crippen LogP contribution >= 0.6 is 0 Å². The zero-order valence-corrected chi connectivity index (χ0v) is 14.7. The van der Waals surface area contributed by atoms with E-state index in [9.17, 15) is 9.59 Å². The Morgan fingerprint density at radius 1 is 1.17 bits per heavy atom. The Hall–Kier alpha value is -2.08. The van der Waals surface area contributed by atoms with Crippen molar-refractivity contribution >= 4 is 11.9 Å². The molecule has 0 aliphatic carbocycles. The highest BCUT2D eigenvalue weighted by Crippen LogP contribution is 2.22. The van der Waals surface area contributed by atoms with Gasteiger partial charge in [0.1, 0.15) is 5.75 Å². The maximum atomic E-state index is 12.4. The van der Waals surface area contributed by atoms with E-state index in [1.54, 1.807) is 6.92 Å². The lowest BCUT2D eigenvalue weighted by atomic mass is 10.1. The molecule has 0 bridgehead atoms. The molecule has 0 aliphatic heterocycles. The number of carbonyl (C=O) groups excluding carboxylic acids is 2. The van der Waals surface area contributed by atoms with Crippen LogP contribution in [-0.2, 0) is 14.3 Å². The number of aliphatic hydroxyl groups is 1. The van der Waals surface area contributed by atoms with E-state index in [1.165, 1.54) is 4.90 Å². The highest BCUT2D eigenvalue weighted by atomic mass is 16.5. The number of benzene rings is 1. The van der Waals surface area contributed by atoms with E-state index in [1.807, 2.05) is 32.0 Å². The number of rotatable bonds is 10. The van der Waals surface area contributed by atoms with Crippen molar-refractivity contribution in [1.29, 1.82) is 0 Å². The largest absolute Gasteiger partial charge is 0.483 e. The number of nitrogens with zero attached hydrogens (tertiary/aromatic N) is 1. The maximum Gasteiger partial charge on any atom is 0.307 e. The molecule has 0 atom stereocenters. The molecule has 0 unspecified atom stereocenters. The molecule has 0 aliphatic rings. The third-order valence-electron chi connectivity index (χ3n) is 3.58. The first-order valence-corrected chi connectivity index (χ1v) is 8.22. The van der Waals surface area contributed by atoms with Gasteiger partial charge in [0.15, 0.2) is 6.61 Å². The van der Waals surface area contributed by atoms with Crippen molar-refractivity contribution in [2.75, 3.05) is 32.9 Å². The van der Waals surface area contributed by atoms with Crippen molar-refractivity contribution in [3.8, 4) is 5.75 Å². The molecule has 0 fully saturated rings. The minimum absolute atomic E-state index is 0.0130. The smallest absolute Gasteiger partial charge is 0.307 e. The van der Waals surface area contributed by atoms with Gasteiger partial charge in [-0.2, -0.15) is 0 Å². The van der Waals surface area contributed by atoms with Gasteiger partial charge in [-0.15, -0.1) is 0 Å². The Balaban J connectivity index is 2.61. The lowest BCUT2D eigenvalue weighted by molar-refractivity contribution is -0.144. The van der Waals surface area contributed by atoms with Crippen LogP contribution in [0.1, 0.15) is 30.9 Å². The van der Waals surface area contributed by atoms with E-state index in [0.717, 1.165) is 11.1 Å². The van der Waals surface area contributed by atoms with Crippen LogP contribution in [0.2, 0.25) is 0 Å². The fourth-order valence-corrected chi connectivity index (χ4v) is 2.33. The number of ether oxygens (including phenoxy) is 2. The van der Waals surface area contributed by atoms with Gasteiger partial charge in [-0.1, -0.05) is 18.2 Å². The molecule has 0 saturated carbocycles. The average molecular weight is 337 g/mol. The second kappa shape index (κ2) is 10.6. The molecule has 134 valence electrons. The van der Waals surface area contributed by atoms with E-state index in [4.69, 9.17) is 14.6 Å². The summed E-state index contributed by atoms with van der Waals surface area (Å²) in [6, 6.07) is 5.79. The van der Waals surface area contributed by atoms with Gasteiger partial charge in [0.05, 0.1) is 13.0 Å².